The van der Waals surface area contributed by atoms with Crippen molar-refractivity contribution in [1.29, 1.82) is 0 Å². The van der Waals surface area contributed by atoms with Gasteiger partial charge in [-0.15, -0.1) is 0 Å². The van der Waals surface area contributed by atoms with Crippen molar-refractivity contribution in [3.8, 4) is 0 Å². The molecule has 94 valence electrons. The molecule has 2 aliphatic carbocycles. The quantitative estimate of drug-likeness (QED) is 0.431. The van der Waals surface area contributed by atoms with Gasteiger partial charge >= 0.3 is 0 Å². The molecule has 0 bridgehead atoms. The van der Waals surface area contributed by atoms with E-state index in [2.05, 4.69) is 9.37 Å². The molecule has 0 aromatic rings. The van der Waals surface area contributed by atoms with E-state index in [1.165, 1.54) is 37.7 Å². The highest BCUT2D eigenvalue weighted by Crippen LogP contribution is 2.46. The highest BCUT2D eigenvalue weighted by molar-refractivity contribution is 7.95. The van der Waals surface area contributed by atoms with Crippen LogP contribution < -0.4 is 5.26 Å². The van der Waals surface area contributed by atoms with Gasteiger partial charge in [-0.1, -0.05) is 12.8 Å². The number of methoxy groups -OCH3 is 1. The predicted octanol–water partition coefficient (Wildman–Crippen LogP) is 1.84. The molecule has 2 aliphatic rings. The zero-order valence-electron chi connectivity index (χ0n) is 9.59. The van der Waals surface area contributed by atoms with Crippen LogP contribution in [0.5, 0.6) is 0 Å². The molecule has 0 aliphatic heterocycles. The van der Waals surface area contributed by atoms with Gasteiger partial charge in [0.1, 0.15) is 0 Å². The van der Waals surface area contributed by atoms with Crippen molar-refractivity contribution in [3.63, 3.8) is 0 Å². The van der Waals surface area contributed by atoms with E-state index in [1.807, 2.05) is 0 Å². The number of ether oxygens (including phenoxy) is 1. The Morgan fingerprint density at radius 2 is 1.81 bits per heavy atom. The maximum Gasteiger partial charge on any atom is 0.0603 e. The summed E-state index contributed by atoms with van der Waals surface area (Å²) in [5.41, 5.74) is 0. The Morgan fingerprint density at radius 1 is 1.06 bits per heavy atom. The molecule has 0 amide bonds. The molecule has 0 spiro atoms. The number of hydrogen-bond acceptors (Lipinski definition) is 5. The second-order valence-electron chi connectivity index (χ2n) is 4.73. The second-order valence-corrected chi connectivity index (χ2v) is 5.67. The molecule has 0 aromatic carbocycles. The van der Waals surface area contributed by atoms with Crippen LogP contribution in [0.2, 0.25) is 0 Å². The minimum atomic E-state index is 0.394. The van der Waals surface area contributed by atoms with Crippen LogP contribution in [0, 0.1) is 11.8 Å². The topological polar surface area (TPSA) is 50.8 Å². The first-order chi connectivity index (χ1) is 7.86. The Hall–Kier alpha value is 0.190. The standard InChI is InChI=1S/C11H20O4S/c1-13-10-6-7-11(16-15-14-12)9-5-3-2-4-8(9)10/h8-12H,2-7H2,1H3/p-1. The lowest BCUT2D eigenvalue weighted by atomic mass is 9.69. The predicted molar refractivity (Wildman–Crippen MR) is 59.0 cm³/mol. The third kappa shape index (κ3) is 2.71. The third-order valence-corrected chi connectivity index (χ3v) is 5.03. The van der Waals surface area contributed by atoms with Gasteiger partial charge in [-0.05, 0) is 37.5 Å². The fourth-order valence-electron chi connectivity index (χ4n) is 3.35. The Morgan fingerprint density at radius 3 is 2.50 bits per heavy atom. The van der Waals surface area contributed by atoms with Crippen LogP contribution in [-0.4, -0.2) is 18.5 Å². The Bertz CT molecular complexity index is 214. The van der Waals surface area contributed by atoms with E-state index >= 15 is 0 Å². The second kappa shape index (κ2) is 6.21. The van der Waals surface area contributed by atoms with Crippen LogP contribution in [-0.2, 0) is 14.1 Å². The molecular weight excluding hydrogens is 228 g/mol. The van der Waals surface area contributed by atoms with Gasteiger partial charge in [-0.3, -0.25) is 5.04 Å². The smallest absolute Gasteiger partial charge is 0.0603 e. The molecule has 0 heterocycles. The van der Waals surface area contributed by atoms with E-state index in [1.54, 1.807) is 7.11 Å². The first-order valence-corrected chi connectivity index (χ1v) is 6.82. The molecule has 16 heavy (non-hydrogen) atoms. The van der Waals surface area contributed by atoms with Crippen molar-refractivity contribution in [1.82, 2.24) is 0 Å². The van der Waals surface area contributed by atoms with E-state index in [4.69, 9.17) is 4.74 Å². The van der Waals surface area contributed by atoms with E-state index in [0.29, 0.717) is 23.2 Å². The van der Waals surface area contributed by atoms with Crippen LogP contribution in [0.4, 0.5) is 0 Å². The summed E-state index contributed by atoms with van der Waals surface area (Å²) in [5, 5.41) is 13.7. The van der Waals surface area contributed by atoms with E-state index in [0.717, 1.165) is 12.8 Å². The summed E-state index contributed by atoms with van der Waals surface area (Å²) >= 11 is 1.21. The van der Waals surface area contributed by atoms with Crippen molar-refractivity contribution in [2.75, 3.05) is 7.11 Å². The van der Waals surface area contributed by atoms with Crippen molar-refractivity contribution < 1.29 is 19.4 Å². The van der Waals surface area contributed by atoms with Gasteiger partial charge in [0.25, 0.3) is 0 Å². The van der Waals surface area contributed by atoms with Gasteiger partial charge in [0, 0.05) is 24.4 Å². The molecular formula is C11H19O4S-. The SMILES string of the molecule is COC1CCC(SOO[O-])C2CCCCC12. The van der Waals surface area contributed by atoms with Crippen LogP contribution in [0.3, 0.4) is 0 Å². The monoisotopic (exact) mass is 247 g/mol. The van der Waals surface area contributed by atoms with Gasteiger partial charge in [0.15, 0.2) is 0 Å². The first kappa shape index (κ1) is 12.6. The largest absolute Gasteiger partial charge is 0.691 e. The third-order valence-electron chi connectivity index (χ3n) is 4.06. The average Bonchev–Trinajstić information content (AvgIpc) is 2.36. The fourth-order valence-corrected chi connectivity index (χ4v) is 4.19. The molecule has 2 saturated carbocycles. The van der Waals surface area contributed by atoms with Gasteiger partial charge in [0.2, 0.25) is 0 Å². The average molecular weight is 247 g/mol. The maximum atomic E-state index is 9.89. The van der Waals surface area contributed by atoms with E-state index < -0.39 is 0 Å². The summed E-state index contributed by atoms with van der Waals surface area (Å²) in [6, 6.07) is 0. The number of rotatable bonds is 4. The van der Waals surface area contributed by atoms with E-state index in [9.17, 15) is 5.26 Å². The summed E-state index contributed by atoms with van der Waals surface area (Å²) < 4.78 is 10.1. The lowest BCUT2D eigenvalue weighted by molar-refractivity contribution is -0.777. The lowest BCUT2D eigenvalue weighted by Crippen LogP contribution is -2.42. The molecule has 5 heteroatoms. The van der Waals surface area contributed by atoms with Gasteiger partial charge in [0.05, 0.1) is 6.10 Å². The normalized spacial score (nSPS) is 39.4. The number of fused-ring (bicyclic) bond motifs is 1. The maximum absolute atomic E-state index is 9.89. The van der Waals surface area contributed by atoms with Crippen molar-refractivity contribution in [2.24, 2.45) is 11.8 Å². The number of hydrogen-bond donors (Lipinski definition) is 0. The van der Waals surface area contributed by atoms with Gasteiger partial charge in [-0.2, -0.15) is 4.33 Å². The minimum Gasteiger partial charge on any atom is -0.691 e. The Kier molecular flexibility index (Phi) is 4.91. The van der Waals surface area contributed by atoms with Crippen molar-refractivity contribution in [3.05, 3.63) is 0 Å². The fraction of sp³-hybridized carbons (Fsp3) is 1.00. The highest BCUT2D eigenvalue weighted by atomic mass is 32.2. The molecule has 0 aromatic heterocycles. The molecule has 0 N–H and O–H groups in total. The molecule has 0 radical (unpaired) electrons. The summed E-state index contributed by atoms with van der Waals surface area (Å²) in [4.78, 5) is 0. The van der Waals surface area contributed by atoms with Crippen LogP contribution >= 0.6 is 12.0 Å². The van der Waals surface area contributed by atoms with Crippen molar-refractivity contribution in [2.45, 2.75) is 49.9 Å². The highest BCUT2D eigenvalue weighted by Gasteiger charge is 2.41. The van der Waals surface area contributed by atoms with Gasteiger partial charge < -0.3 is 9.99 Å². The first-order valence-electron chi connectivity index (χ1n) is 6.01. The molecule has 4 atom stereocenters. The zero-order chi connectivity index (χ0) is 11.4. The summed E-state index contributed by atoms with van der Waals surface area (Å²) in [6.45, 7) is 0. The molecule has 4 nitrogen and oxygen atoms in total. The molecule has 2 fully saturated rings. The van der Waals surface area contributed by atoms with Gasteiger partial charge in [-0.25, -0.2) is 0 Å². The molecule has 0 saturated heterocycles. The lowest BCUT2D eigenvalue weighted by Gasteiger charge is -2.44. The Balaban J connectivity index is 1.96. The summed E-state index contributed by atoms with van der Waals surface area (Å²) in [6.07, 6.45) is 7.58. The summed E-state index contributed by atoms with van der Waals surface area (Å²) in [5.74, 6) is 1.26. The van der Waals surface area contributed by atoms with Crippen LogP contribution in [0.1, 0.15) is 38.5 Å². The molecule has 4 unspecified atom stereocenters. The summed E-state index contributed by atoms with van der Waals surface area (Å²) in [7, 11) is 1.81. The van der Waals surface area contributed by atoms with Crippen molar-refractivity contribution >= 4 is 12.0 Å². The molecule has 2 rings (SSSR count). The van der Waals surface area contributed by atoms with E-state index in [-0.39, 0.29) is 0 Å². The minimum absolute atomic E-state index is 0.394. The Labute approximate surface area is 101 Å². The zero-order valence-corrected chi connectivity index (χ0v) is 10.4. The van der Waals surface area contributed by atoms with Crippen LogP contribution in [0.25, 0.3) is 0 Å². The van der Waals surface area contributed by atoms with Crippen LogP contribution in [0.15, 0.2) is 0 Å².